The first kappa shape index (κ1) is 17.2. The molecule has 1 N–H and O–H groups in total. The lowest BCUT2D eigenvalue weighted by molar-refractivity contribution is -0.122. The molecule has 2 fully saturated rings. The molecule has 26 heavy (non-hydrogen) atoms. The molecule has 138 valence electrons. The molecule has 0 saturated carbocycles. The quantitative estimate of drug-likeness (QED) is 0.909. The molecule has 0 radical (unpaired) electrons. The zero-order chi connectivity index (χ0) is 17.9. The summed E-state index contributed by atoms with van der Waals surface area (Å²) in [6.07, 6.45) is 7.86. The lowest BCUT2D eigenvalue weighted by Gasteiger charge is -2.44. The topological polar surface area (TPSA) is 67.2 Å². The normalized spacial score (nSPS) is 23.5. The Bertz CT molecular complexity index is 845. The molecule has 4 rings (SSSR count). The smallest absolute Gasteiger partial charge is 0.275 e. The molecule has 6 nitrogen and oxygen atoms in total. The Kier molecular flexibility index (Phi) is 5.02. The second-order valence-corrected chi connectivity index (χ2v) is 7.50. The first-order chi connectivity index (χ1) is 12.7. The third-order valence-corrected chi connectivity index (χ3v) is 5.85. The van der Waals surface area contributed by atoms with E-state index in [0.29, 0.717) is 23.9 Å². The number of nitrogens with one attached hydrogen (secondary N) is 1. The highest BCUT2D eigenvalue weighted by atomic mass is 16.2. The summed E-state index contributed by atoms with van der Waals surface area (Å²) in [6.45, 7) is 3.07. The van der Waals surface area contributed by atoms with Crippen LogP contribution < -0.4 is 10.9 Å². The SMILES string of the molecule is O=C(Cn1ncc2ccccc2c1=O)NCC1CCCN2CCCCC12. The van der Waals surface area contributed by atoms with Crippen LogP contribution in [0.2, 0.25) is 0 Å². The molecule has 3 heterocycles. The number of piperidine rings is 2. The van der Waals surface area contributed by atoms with E-state index in [1.54, 1.807) is 12.3 Å². The van der Waals surface area contributed by atoms with Crippen molar-refractivity contribution in [3.8, 4) is 0 Å². The van der Waals surface area contributed by atoms with Gasteiger partial charge in [-0.25, -0.2) is 4.68 Å². The van der Waals surface area contributed by atoms with E-state index in [2.05, 4.69) is 15.3 Å². The highest BCUT2D eigenvalue weighted by Crippen LogP contribution is 2.30. The standard InChI is InChI=1S/C20H26N4O2/c25-19(14-24-20(26)17-8-2-1-6-15(17)13-22-24)21-12-16-7-5-11-23-10-4-3-9-18(16)23/h1-2,6,8,13,16,18H,3-5,7,9-12,14H2,(H,21,25). The fourth-order valence-electron chi connectivity index (χ4n) is 4.49. The Morgan fingerprint density at radius 1 is 1.15 bits per heavy atom. The molecule has 1 amide bonds. The van der Waals surface area contributed by atoms with Gasteiger partial charge >= 0.3 is 0 Å². The van der Waals surface area contributed by atoms with Gasteiger partial charge in [-0.2, -0.15) is 5.10 Å². The molecule has 0 aliphatic carbocycles. The van der Waals surface area contributed by atoms with Gasteiger partial charge in [0.1, 0.15) is 6.54 Å². The number of amides is 1. The van der Waals surface area contributed by atoms with Crippen LogP contribution in [-0.4, -0.2) is 46.3 Å². The van der Waals surface area contributed by atoms with Crippen LogP contribution in [-0.2, 0) is 11.3 Å². The van der Waals surface area contributed by atoms with E-state index in [-0.39, 0.29) is 18.0 Å². The van der Waals surface area contributed by atoms with Gasteiger partial charge in [-0.05, 0) is 50.8 Å². The van der Waals surface area contributed by atoms with Crippen molar-refractivity contribution < 1.29 is 4.79 Å². The second kappa shape index (κ2) is 7.58. The third kappa shape index (κ3) is 3.51. The molecule has 2 aliphatic rings. The molecule has 2 atom stereocenters. The monoisotopic (exact) mass is 354 g/mol. The minimum Gasteiger partial charge on any atom is -0.354 e. The second-order valence-electron chi connectivity index (χ2n) is 7.50. The Labute approximate surface area is 153 Å². The fraction of sp³-hybridized carbons (Fsp3) is 0.550. The number of fused-ring (bicyclic) bond motifs is 2. The van der Waals surface area contributed by atoms with Crippen LogP contribution in [0.1, 0.15) is 32.1 Å². The molecule has 0 spiro atoms. The van der Waals surface area contributed by atoms with Gasteiger partial charge in [0.25, 0.3) is 5.56 Å². The van der Waals surface area contributed by atoms with E-state index in [4.69, 9.17) is 0 Å². The first-order valence-electron chi connectivity index (χ1n) is 9.68. The van der Waals surface area contributed by atoms with Crippen molar-refractivity contribution in [1.82, 2.24) is 20.0 Å². The van der Waals surface area contributed by atoms with E-state index < -0.39 is 0 Å². The molecule has 0 bridgehead atoms. The molecular formula is C20H26N4O2. The number of carbonyl (C=O) groups is 1. The molecule has 2 aromatic rings. The highest BCUT2D eigenvalue weighted by Gasteiger charge is 2.32. The van der Waals surface area contributed by atoms with Gasteiger partial charge in [0.05, 0.1) is 11.6 Å². The lowest BCUT2D eigenvalue weighted by Crippen LogP contribution is -2.51. The largest absolute Gasteiger partial charge is 0.354 e. The van der Waals surface area contributed by atoms with Crippen LogP contribution >= 0.6 is 0 Å². The maximum absolute atomic E-state index is 12.5. The summed E-state index contributed by atoms with van der Waals surface area (Å²) in [4.78, 5) is 27.4. The van der Waals surface area contributed by atoms with Crippen LogP contribution in [0, 0.1) is 5.92 Å². The molecule has 2 aliphatic heterocycles. The van der Waals surface area contributed by atoms with E-state index in [9.17, 15) is 9.59 Å². The maximum atomic E-state index is 12.5. The molecule has 1 aromatic carbocycles. The summed E-state index contributed by atoms with van der Waals surface area (Å²) < 4.78 is 1.26. The van der Waals surface area contributed by atoms with E-state index in [1.807, 2.05) is 18.2 Å². The zero-order valence-electron chi connectivity index (χ0n) is 15.1. The molecule has 6 heteroatoms. The van der Waals surface area contributed by atoms with Gasteiger partial charge in [-0.1, -0.05) is 24.6 Å². The zero-order valence-corrected chi connectivity index (χ0v) is 15.1. The van der Waals surface area contributed by atoms with Crippen molar-refractivity contribution in [2.75, 3.05) is 19.6 Å². The van der Waals surface area contributed by atoms with E-state index in [1.165, 1.54) is 49.9 Å². The number of hydrogen-bond acceptors (Lipinski definition) is 4. The number of benzene rings is 1. The van der Waals surface area contributed by atoms with Gasteiger partial charge in [0, 0.05) is 18.0 Å². The van der Waals surface area contributed by atoms with Gasteiger partial charge in [0.15, 0.2) is 0 Å². The van der Waals surface area contributed by atoms with Gasteiger partial charge in [0.2, 0.25) is 5.91 Å². The summed E-state index contributed by atoms with van der Waals surface area (Å²) in [6, 6.07) is 7.94. The number of aromatic nitrogens is 2. The lowest BCUT2D eigenvalue weighted by atomic mass is 9.83. The third-order valence-electron chi connectivity index (χ3n) is 5.85. The predicted octanol–water partition coefficient (Wildman–Crippen LogP) is 1.78. The van der Waals surface area contributed by atoms with Crippen LogP contribution in [0.4, 0.5) is 0 Å². The molecular weight excluding hydrogens is 328 g/mol. The molecule has 1 aromatic heterocycles. The maximum Gasteiger partial charge on any atom is 0.275 e. The Balaban J connectivity index is 1.38. The van der Waals surface area contributed by atoms with Crippen LogP contribution in [0.25, 0.3) is 10.8 Å². The predicted molar refractivity (Wildman–Crippen MR) is 101 cm³/mol. The minimum absolute atomic E-state index is 0.0230. The van der Waals surface area contributed by atoms with E-state index in [0.717, 1.165) is 5.39 Å². The minimum atomic E-state index is -0.214. The first-order valence-corrected chi connectivity index (χ1v) is 9.68. The van der Waals surface area contributed by atoms with E-state index >= 15 is 0 Å². The van der Waals surface area contributed by atoms with Crippen molar-refractivity contribution in [1.29, 1.82) is 0 Å². The van der Waals surface area contributed by atoms with Crippen LogP contribution in [0.3, 0.4) is 0 Å². The van der Waals surface area contributed by atoms with Crippen molar-refractivity contribution in [2.24, 2.45) is 5.92 Å². The number of hydrogen-bond donors (Lipinski definition) is 1. The fourth-order valence-corrected chi connectivity index (χ4v) is 4.49. The number of carbonyl (C=O) groups excluding carboxylic acids is 1. The Morgan fingerprint density at radius 2 is 2.00 bits per heavy atom. The summed E-state index contributed by atoms with van der Waals surface area (Å²) in [7, 11) is 0. The average molecular weight is 354 g/mol. The number of rotatable bonds is 4. The Morgan fingerprint density at radius 3 is 2.92 bits per heavy atom. The van der Waals surface area contributed by atoms with Crippen molar-refractivity contribution in [3.63, 3.8) is 0 Å². The van der Waals surface area contributed by atoms with Crippen LogP contribution in [0.15, 0.2) is 35.3 Å². The van der Waals surface area contributed by atoms with Crippen molar-refractivity contribution in [2.45, 2.75) is 44.7 Å². The summed E-state index contributed by atoms with van der Waals surface area (Å²) in [5.41, 5.74) is -0.214. The summed E-state index contributed by atoms with van der Waals surface area (Å²) >= 11 is 0. The Hall–Kier alpha value is -2.21. The van der Waals surface area contributed by atoms with Gasteiger partial charge in [-0.15, -0.1) is 0 Å². The molecule has 2 saturated heterocycles. The average Bonchev–Trinajstić information content (AvgIpc) is 2.69. The summed E-state index contributed by atoms with van der Waals surface area (Å²) in [5.74, 6) is 0.386. The molecule has 2 unspecified atom stereocenters. The van der Waals surface area contributed by atoms with Crippen LogP contribution in [0.5, 0.6) is 0 Å². The van der Waals surface area contributed by atoms with Crippen molar-refractivity contribution in [3.05, 3.63) is 40.8 Å². The number of nitrogens with zero attached hydrogens (tertiary/aromatic N) is 3. The van der Waals surface area contributed by atoms with Crippen molar-refractivity contribution >= 4 is 16.7 Å². The highest BCUT2D eigenvalue weighted by molar-refractivity contribution is 5.81. The van der Waals surface area contributed by atoms with Gasteiger partial charge in [-0.3, -0.25) is 9.59 Å². The summed E-state index contributed by atoms with van der Waals surface area (Å²) in [5, 5.41) is 8.58. The van der Waals surface area contributed by atoms with Gasteiger partial charge < -0.3 is 10.2 Å².